The summed E-state index contributed by atoms with van der Waals surface area (Å²) < 4.78 is 27.1. The quantitative estimate of drug-likeness (QED) is 0.493. The van der Waals surface area contributed by atoms with Crippen molar-refractivity contribution in [3.05, 3.63) is 64.2 Å². The fraction of sp³-hybridized carbons (Fsp3) is 0.0667. The lowest BCUT2D eigenvalue weighted by molar-refractivity contribution is -0.107. The van der Waals surface area contributed by atoms with Gasteiger partial charge in [0, 0.05) is 18.3 Å². The van der Waals surface area contributed by atoms with E-state index in [0.717, 1.165) is 12.1 Å². The Labute approximate surface area is 124 Å². The van der Waals surface area contributed by atoms with Crippen LogP contribution in [0, 0.1) is 11.6 Å². The molecule has 1 amide bonds. The maximum Gasteiger partial charge on any atom is 0.213 e. The Kier molecular flexibility index (Phi) is 4.33. The number of nitrogens with zero attached hydrogens (tertiary/aromatic N) is 1. The summed E-state index contributed by atoms with van der Waals surface area (Å²) in [5, 5.41) is -0.382. The predicted molar refractivity (Wildman–Crippen MR) is 75.7 cm³/mol. The minimum atomic E-state index is -0.888. The maximum atomic E-state index is 13.7. The third-order valence-electron chi connectivity index (χ3n) is 2.95. The SMILES string of the molecule is CN(C=O)c1ccc(C(=O)c2cc(F)c(Cl)cc2F)cc1. The summed E-state index contributed by atoms with van der Waals surface area (Å²) in [6, 6.07) is 7.47. The van der Waals surface area contributed by atoms with Crippen LogP contribution in [0.5, 0.6) is 0 Å². The minimum absolute atomic E-state index is 0.179. The Morgan fingerprint density at radius 3 is 2.33 bits per heavy atom. The molecule has 0 unspecified atom stereocenters. The largest absolute Gasteiger partial charge is 0.318 e. The fourth-order valence-electron chi connectivity index (χ4n) is 1.76. The lowest BCUT2D eigenvalue weighted by Crippen LogP contribution is -2.13. The van der Waals surface area contributed by atoms with E-state index in [9.17, 15) is 18.4 Å². The van der Waals surface area contributed by atoms with Crippen molar-refractivity contribution in [2.24, 2.45) is 0 Å². The third kappa shape index (κ3) is 3.08. The molecule has 0 aromatic heterocycles. The molecule has 0 bridgehead atoms. The van der Waals surface area contributed by atoms with Gasteiger partial charge in [-0.25, -0.2) is 8.78 Å². The summed E-state index contributed by atoms with van der Waals surface area (Å²) in [5.74, 6) is -2.41. The molecular formula is C15H10ClF2NO2. The van der Waals surface area contributed by atoms with Crippen LogP contribution >= 0.6 is 11.6 Å². The van der Waals surface area contributed by atoms with Gasteiger partial charge >= 0.3 is 0 Å². The van der Waals surface area contributed by atoms with Crippen molar-refractivity contribution >= 4 is 29.5 Å². The van der Waals surface area contributed by atoms with Gasteiger partial charge < -0.3 is 4.90 Å². The highest BCUT2D eigenvalue weighted by molar-refractivity contribution is 6.30. The molecule has 2 aromatic carbocycles. The fourth-order valence-corrected chi connectivity index (χ4v) is 1.91. The van der Waals surface area contributed by atoms with Crippen LogP contribution in [0.25, 0.3) is 0 Å². The van der Waals surface area contributed by atoms with Crippen LogP contribution in [0.2, 0.25) is 5.02 Å². The molecule has 0 aliphatic heterocycles. The number of carbonyl (C=O) groups is 2. The average molecular weight is 310 g/mol. The normalized spacial score (nSPS) is 10.3. The Balaban J connectivity index is 2.36. The molecule has 0 aliphatic carbocycles. The Morgan fingerprint density at radius 2 is 1.76 bits per heavy atom. The van der Waals surface area contributed by atoms with Gasteiger partial charge in [-0.15, -0.1) is 0 Å². The van der Waals surface area contributed by atoms with Gasteiger partial charge in [0.05, 0.1) is 10.6 Å². The van der Waals surface area contributed by atoms with Crippen LogP contribution in [-0.2, 0) is 4.79 Å². The van der Waals surface area contributed by atoms with E-state index in [1.54, 1.807) is 7.05 Å². The molecule has 0 fully saturated rings. The molecule has 3 nitrogen and oxygen atoms in total. The predicted octanol–water partition coefficient (Wildman–Crippen LogP) is 3.44. The Hall–Kier alpha value is -2.27. The molecule has 0 aliphatic rings. The van der Waals surface area contributed by atoms with Crippen LogP contribution in [0.4, 0.5) is 14.5 Å². The minimum Gasteiger partial charge on any atom is -0.318 e. The highest BCUT2D eigenvalue weighted by Gasteiger charge is 2.17. The molecule has 0 saturated heterocycles. The van der Waals surface area contributed by atoms with Crippen molar-refractivity contribution in [1.82, 2.24) is 0 Å². The van der Waals surface area contributed by atoms with E-state index in [1.807, 2.05) is 0 Å². The van der Waals surface area contributed by atoms with E-state index in [-0.39, 0.29) is 10.6 Å². The Bertz CT molecular complexity index is 702. The number of benzene rings is 2. The van der Waals surface area contributed by atoms with Crippen LogP contribution in [0.3, 0.4) is 0 Å². The monoisotopic (exact) mass is 309 g/mol. The summed E-state index contributed by atoms with van der Waals surface area (Å²) in [6.45, 7) is 0. The first-order valence-corrected chi connectivity index (χ1v) is 6.29. The summed E-state index contributed by atoms with van der Waals surface area (Å²) in [6.07, 6.45) is 0.616. The van der Waals surface area contributed by atoms with Gasteiger partial charge in [-0.2, -0.15) is 0 Å². The van der Waals surface area contributed by atoms with Gasteiger partial charge in [0.25, 0.3) is 0 Å². The molecule has 0 atom stereocenters. The van der Waals surface area contributed by atoms with E-state index in [0.29, 0.717) is 12.1 Å². The van der Waals surface area contributed by atoms with Crippen LogP contribution in [0.15, 0.2) is 36.4 Å². The van der Waals surface area contributed by atoms with Crippen molar-refractivity contribution in [3.8, 4) is 0 Å². The zero-order valence-electron chi connectivity index (χ0n) is 10.9. The molecule has 0 heterocycles. The van der Waals surface area contributed by atoms with Crippen molar-refractivity contribution in [3.63, 3.8) is 0 Å². The number of hydrogen-bond acceptors (Lipinski definition) is 2. The first kappa shape index (κ1) is 15.1. The van der Waals surface area contributed by atoms with Gasteiger partial charge in [-0.05, 0) is 36.4 Å². The molecule has 6 heteroatoms. The zero-order chi connectivity index (χ0) is 15.6. The topological polar surface area (TPSA) is 37.4 Å². The summed E-state index contributed by atoms with van der Waals surface area (Å²) >= 11 is 5.44. The van der Waals surface area contributed by atoms with Crippen LogP contribution in [0.1, 0.15) is 15.9 Å². The van der Waals surface area contributed by atoms with Crippen molar-refractivity contribution in [2.75, 3.05) is 11.9 Å². The van der Waals surface area contributed by atoms with Gasteiger partial charge in [-0.1, -0.05) is 11.6 Å². The van der Waals surface area contributed by atoms with E-state index in [4.69, 9.17) is 11.6 Å². The van der Waals surface area contributed by atoms with Crippen molar-refractivity contribution < 1.29 is 18.4 Å². The highest BCUT2D eigenvalue weighted by atomic mass is 35.5. The molecule has 2 rings (SSSR count). The number of amides is 1. The van der Waals surface area contributed by atoms with Gasteiger partial charge in [-0.3, -0.25) is 9.59 Å². The van der Waals surface area contributed by atoms with Crippen molar-refractivity contribution in [1.29, 1.82) is 0 Å². The molecule has 0 N–H and O–H groups in total. The van der Waals surface area contributed by atoms with Crippen LogP contribution in [-0.4, -0.2) is 19.2 Å². The molecule has 21 heavy (non-hydrogen) atoms. The lowest BCUT2D eigenvalue weighted by Gasteiger charge is -2.11. The number of halogens is 3. The van der Waals surface area contributed by atoms with Gasteiger partial charge in [0.1, 0.15) is 11.6 Å². The third-order valence-corrected chi connectivity index (χ3v) is 3.24. The summed E-state index contributed by atoms with van der Waals surface area (Å²) in [4.78, 5) is 24.1. The molecule has 108 valence electrons. The lowest BCUT2D eigenvalue weighted by atomic mass is 10.0. The number of carbonyl (C=O) groups excluding carboxylic acids is 2. The average Bonchev–Trinajstić information content (AvgIpc) is 2.49. The number of anilines is 1. The summed E-state index contributed by atoms with van der Waals surface area (Å²) in [5.41, 5.74) is 0.358. The first-order chi connectivity index (χ1) is 9.93. The van der Waals surface area contributed by atoms with E-state index < -0.39 is 23.0 Å². The number of rotatable bonds is 4. The van der Waals surface area contributed by atoms with Crippen molar-refractivity contribution in [2.45, 2.75) is 0 Å². The maximum absolute atomic E-state index is 13.7. The standard InChI is InChI=1S/C15H10ClF2NO2/c1-19(8-20)10-4-2-9(3-5-10)15(21)11-6-14(18)12(16)7-13(11)17/h2-8H,1H3. The second kappa shape index (κ2) is 6.01. The molecule has 0 spiro atoms. The van der Waals surface area contributed by atoms with Gasteiger partial charge in [0.2, 0.25) is 6.41 Å². The molecular weight excluding hydrogens is 300 g/mol. The molecule has 0 saturated carbocycles. The van der Waals surface area contributed by atoms with E-state index >= 15 is 0 Å². The van der Waals surface area contributed by atoms with Gasteiger partial charge in [0.15, 0.2) is 5.78 Å². The first-order valence-electron chi connectivity index (χ1n) is 5.91. The summed E-state index contributed by atoms with van der Waals surface area (Å²) in [7, 11) is 1.55. The second-order valence-corrected chi connectivity index (χ2v) is 4.75. The number of hydrogen-bond donors (Lipinski definition) is 0. The van der Waals surface area contributed by atoms with E-state index in [1.165, 1.54) is 29.2 Å². The zero-order valence-corrected chi connectivity index (χ0v) is 11.7. The second-order valence-electron chi connectivity index (χ2n) is 4.34. The number of ketones is 1. The Morgan fingerprint density at radius 1 is 1.14 bits per heavy atom. The molecule has 0 radical (unpaired) electrons. The highest BCUT2D eigenvalue weighted by Crippen LogP contribution is 2.22. The smallest absolute Gasteiger partial charge is 0.213 e. The van der Waals surface area contributed by atoms with Crippen LogP contribution < -0.4 is 4.90 Å². The molecule has 2 aromatic rings. The van der Waals surface area contributed by atoms with E-state index in [2.05, 4.69) is 0 Å².